The van der Waals surface area contributed by atoms with E-state index in [4.69, 9.17) is 4.98 Å². The molecule has 0 fully saturated rings. The van der Waals surface area contributed by atoms with Crippen LogP contribution in [0.5, 0.6) is 0 Å². The van der Waals surface area contributed by atoms with Crippen LogP contribution in [0, 0.1) is 0 Å². The average molecular weight is 417 g/mol. The van der Waals surface area contributed by atoms with Crippen molar-refractivity contribution in [3.8, 4) is 0 Å². The lowest BCUT2D eigenvalue weighted by molar-refractivity contribution is -0.127. The highest BCUT2D eigenvalue weighted by atomic mass is 16.2. The van der Waals surface area contributed by atoms with Crippen LogP contribution < -0.4 is 4.90 Å². The van der Waals surface area contributed by atoms with E-state index in [1.807, 2.05) is 55.7 Å². The number of aromatic nitrogens is 2. The number of fused-ring (bicyclic) bond motifs is 1. The van der Waals surface area contributed by atoms with E-state index in [0.29, 0.717) is 18.7 Å². The number of amides is 2. The van der Waals surface area contributed by atoms with Gasteiger partial charge in [-0.3, -0.25) is 14.0 Å². The second kappa shape index (κ2) is 10.4. The van der Waals surface area contributed by atoms with Crippen molar-refractivity contribution in [2.75, 3.05) is 66.3 Å². The third-order valence-corrected chi connectivity index (χ3v) is 5.20. The van der Waals surface area contributed by atoms with Crippen molar-refractivity contribution in [3.05, 3.63) is 29.6 Å². The summed E-state index contributed by atoms with van der Waals surface area (Å²) in [7, 11) is 9.41. The Balaban J connectivity index is 2.37. The van der Waals surface area contributed by atoms with E-state index in [0.717, 1.165) is 36.5 Å². The molecule has 0 N–H and O–H groups in total. The van der Waals surface area contributed by atoms with E-state index < -0.39 is 0 Å². The number of likely N-dealkylation sites (N-methyl/N-ethyl adjacent to an activating group) is 2. The monoisotopic (exact) mass is 416 g/mol. The molecule has 0 spiro atoms. The van der Waals surface area contributed by atoms with Crippen LogP contribution in [-0.4, -0.2) is 97.3 Å². The van der Waals surface area contributed by atoms with Gasteiger partial charge in [0, 0.05) is 40.4 Å². The molecule has 8 nitrogen and oxygen atoms in total. The second-order valence-electron chi connectivity index (χ2n) is 8.07. The maximum atomic E-state index is 13.0. The quantitative estimate of drug-likeness (QED) is 0.591. The molecule has 2 aromatic heterocycles. The van der Waals surface area contributed by atoms with Crippen LogP contribution in [0.3, 0.4) is 0 Å². The second-order valence-corrected chi connectivity index (χ2v) is 8.07. The molecule has 0 saturated carbocycles. The summed E-state index contributed by atoms with van der Waals surface area (Å²) in [6.07, 6.45) is 3.52. The van der Waals surface area contributed by atoms with Gasteiger partial charge in [0.2, 0.25) is 5.91 Å². The molecule has 2 amide bonds. The molecule has 2 rings (SSSR count). The van der Waals surface area contributed by atoms with E-state index in [1.165, 1.54) is 0 Å². The van der Waals surface area contributed by atoms with Gasteiger partial charge in [0.05, 0.1) is 17.8 Å². The van der Waals surface area contributed by atoms with Crippen LogP contribution in [0.4, 0.5) is 5.82 Å². The SMILES string of the molecule is CCc1nc2ccc(C(=O)N(C)CCCN(C)C)cn2c1N(CC)CC(=O)N(C)C. The molecule has 0 saturated heterocycles. The summed E-state index contributed by atoms with van der Waals surface area (Å²) in [5.41, 5.74) is 2.32. The number of hydrogen-bond acceptors (Lipinski definition) is 5. The molecule has 2 heterocycles. The number of pyridine rings is 1. The van der Waals surface area contributed by atoms with Gasteiger partial charge in [0.25, 0.3) is 5.91 Å². The molecule has 0 bridgehead atoms. The van der Waals surface area contributed by atoms with Crippen LogP contribution in [0.15, 0.2) is 18.3 Å². The minimum absolute atomic E-state index is 0.0132. The highest BCUT2D eigenvalue weighted by Gasteiger charge is 2.21. The Labute approximate surface area is 180 Å². The van der Waals surface area contributed by atoms with Gasteiger partial charge in [-0.2, -0.15) is 0 Å². The van der Waals surface area contributed by atoms with Crippen LogP contribution in [0.2, 0.25) is 0 Å². The largest absolute Gasteiger partial charge is 0.347 e. The molecule has 0 unspecified atom stereocenters. The summed E-state index contributed by atoms with van der Waals surface area (Å²) < 4.78 is 1.95. The Morgan fingerprint density at radius 2 is 1.73 bits per heavy atom. The molecule has 8 heteroatoms. The van der Waals surface area contributed by atoms with Gasteiger partial charge in [-0.15, -0.1) is 0 Å². The predicted octanol–water partition coefficient (Wildman–Crippen LogP) is 1.83. The molecule has 0 aromatic carbocycles. The number of hydrogen-bond donors (Lipinski definition) is 0. The topological polar surface area (TPSA) is 64.4 Å². The summed E-state index contributed by atoms with van der Waals surface area (Å²) in [5, 5.41) is 0. The Morgan fingerprint density at radius 3 is 2.30 bits per heavy atom. The van der Waals surface area contributed by atoms with E-state index in [2.05, 4.69) is 11.8 Å². The van der Waals surface area contributed by atoms with Crippen molar-refractivity contribution in [2.45, 2.75) is 26.7 Å². The highest BCUT2D eigenvalue weighted by molar-refractivity contribution is 5.94. The van der Waals surface area contributed by atoms with Crippen LogP contribution in [-0.2, 0) is 11.2 Å². The first-order valence-corrected chi connectivity index (χ1v) is 10.6. The van der Waals surface area contributed by atoms with Crippen molar-refractivity contribution in [2.24, 2.45) is 0 Å². The number of aryl methyl sites for hydroxylation is 1. The lowest BCUT2D eigenvalue weighted by Crippen LogP contribution is -2.37. The third-order valence-electron chi connectivity index (χ3n) is 5.20. The molecule has 166 valence electrons. The highest BCUT2D eigenvalue weighted by Crippen LogP contribution is 2.24. The summed E-state index contributed by atoms with van der Waals surface area (Å²) >= 11 is 0. The van der Waals surface area contributed by atoms with Crippen molar-refractivity contribution in [3.63, 3.8) is 0 Å². The normalized spacial score (nSPS) is 11.2. The first-order chi connectivity index (χ1) is 14.2. The molecular weight excluding hydrogens is 380 g/mol. The minimum Gasteiger partial charge on any atom is -0.347 e. The first-order valence-electron chi connectivity index (χ1n) is 10.6. The van der Waals surface area contributed by atoms with Crippen molar-refractivity contribution < 1.29 is 9.59 Å². The van der Waals surface area contributed by atoms with Gasteiger partial charge in [-0.25, -0.2) is 4.98 Å². The van der Waals surface area contributed by atoms with Crippen LogP contribution in [0.1, 0.15) is 36.3 Å². The maximum Gasteiger partial charge on any atom is 0.255 e. The van der Waals surface area contributed by atoms with Crippen molar-refractivity contribution >= 4 is 23.3 Å². The number of carbonyl (C=O) groups is 2. The number of anilines is 1. The Kier molecular flexibility index (Phi) is 8.23. The zero-order chi connectivity index (χ0) is 22.4. The average Bonchev–Trinajstić information content (AvgIpc) is 3.08. The fraction of sp³-hybridized carbons (Fsp3) is 0.591. The Hall–Kier alpha value is -2.61. The van der Waals surface area contributed by atoms with Crippen molar-refractivity contribution in [1.29, 1.82) is 0 Å². The van der Waals surface area contributed by atoms with E-state index in [-0.39, 0.29) is 18.4 Å². The van der Waals surface area contributed by atoms with Gasteiger partial charge >= 0.3 is 0 Å². The summed E-state index contributed by atoms with van der Waals surface area (Å²) in [6.45, 7) is 6.65. The van der Waals surface area contributed by atoms with Crippen molar-refractivity contribution in [1.82, 2.24) is 24.1 Å². The number of nitrogens with zero attached hydrogens (tertiary/aromatic N) is 6. The smallest absolute Gasteiger partial charge is 0.255 e. The lowest BCUT2D eigenvalue weighted by atomic mass is 10.2. The zero-order valence-corrected chi connectivity index (χ0v) is 19.5. The summed E-state index contributed by atoms with van der Waals surface area (Å²) in [4.78, 5) is 37.5. The molecule has 0 atom stereocenters. The van der Waals surface area contributed by atoms with Crippen LogP contribution >= 0.6 is 0 Å². The van der Waals surface area contributed by atoms with Gasteiger partial charge < -0.3 is 19.6 Å². The molecule has 0 aliphatic carbocycles. The Bertz CT molecular complexity index is 874. The summed E-state index contributed by atoms with van der Waals surface area (Å²) in [5.74, 6) is 0.901. The minimum atomic E-state index is -0.0132. The zero-order valence-electron chi connectivity index (χ0n) is 19.5. The third kappa shape index (κ3) is 5.50. The maximum absolute atomic E-state index is 13.0. The van der Waals surface area contributed by atoms with E-state index in [9.17, 15) is 9.59 Å². The first kappa shape index (κ1) is 23.7. The summed E-state index contributed by atoms with van der Waals surface area (Å²) in [6, 6.07) is 3.71. The molecular formula is C22H36N6O2. The predicted molar refractivity (Wildman–Crippen MR) is 121 cm³/mol. The fourth-order valence-electron chi connectivity index (χ4n) is 3.37. The van der Waals surface area contributed by atoms with Gasteiger partial charge in [0.15, 0.2) is 0 Å². The van der Waals surface area contributed by atoms with E-state index in [1.54, 1.807) is 23.9 Å². The number of imidazole rings is 1. The van der Waals surface area contributed by atoms with Gasteiger partial charge in [-0.1, -0.05) is 6.92 Å². The molecule has 0 aliphatic heterocycles. The van der Waals surface area contributed by atoms with Crippen LogP contribution in [0.25, 0.3) is 5.65 Å². The van der Waals surface area contributed by atoms with Gasteiger partial charge in [-0.05, 0) is 52.5 Å². The molecule has 0 aliphatic rings. The molecule has 30 heavy (non-hydrogen) atoms. The molecule has 2 aromatic rings. The fourth-order valence-corrected chi connectivity index (χ4v) is 3.37. The Morgan fingerprint density at radius 1 is 1.03 bits per heavy atom. The lowest BCUT2D eigenvalue weighted by Gasteiger charge is -2.25. The van der Waals surface area contributed by atoms with E-state index >= 15 is 0 Å². The number of carbonyl (C=O) groups excluding carboxylic acids is 2. The van der Waals surface area contributed by atoms with Gasteiger partial charge in [0.1, 0.15) is 11.5 Å². The molecule has 0 radical (unpaired) electrons. The number of rotatable bonds is 10. The standard InChI is InChI=1S/C22H36N6O2/c1-8-18-21(27(9-2)16-20(29)25(5)6)28-15-17(11-12-19(28)23-18)22(30)26(7)14-10-13-24(3)4/h11-12,15H,8-10,13-14,16H2,1-7H3.